The Kier molecular flexibility index (Phi) is 5.54. The van der Waals surface area contributed by atoms with E-state index in [-0.39, 0.29) is 49.9 Å². The molecular formula is C17H18F4N2O4. The molecule has 148 valence electrons. The summed E-state index contributed by atoms with van der Waals surface area (Å²) in [6.07, 6.45) is -4.43. The van der Waals surface area contributed by atoms with Crippen LogP contribution in [-0.4, -0.2) is 48.7 Å². The molecule has 1 atom stereocenters. The van der Waals surface area contributed by atoms with Gasteiger partial charge in [-0.25, -0.2) is 9.18 Å². The van der Waals surface area contributed by atoms with Crippen LogP contribution in [-0.2, 0) is 27.1 Å². The van der Waals surface area contributed by atoms with E-state index in [2.05, 4.69) is 5.32 Å². The molecule has 0 aliphatic carbocycles. The predicted molar refractivity (Wildman–Crippen MR) is 84.1 cm³/mol. The number of nitrogens with zero attached hydrogens (tertiary/aromatic N) is 1. The van der Waals surface area contributed by atoms with Gasteiger partial charge in [-0.05, 0) is 18.6 Å². The molecule has 6 nitrogen and oxygen atoms in total. The molecular weight excluding hydrogens is 372 g/mol. The molecule has 10 heteroatoms. The second-order valence-electron chi connectivity index (χ2n) is 6.52. The van der Waals surface area contributed by atoms with Gasteiger partial charge in [0.05, 0.1) is 37.4 Å². The highest BCUT2D eigenvalue weighted by Gasteiger charge is 2.34. The van der Waals surface area contributed by atoms with Crippen LogP contribution >= 0.6 is 0 Å². The Bertz CT molecular complexity index is 719. The normalized spacial score (nSPS) is 20.4. The van der Waals surface area contributed by atoms with Crippen molar-refractivity contribution in [3.05, 3.63) is 35.1 Å². The summed E-state index contributed by atoms with van der Waals surface area (Å²) in [6, 6.07) is 2.11. The topological polar surface area (TPSA) is 67.9 Å². The Hall–Kier alpha value is -2.36. The number of ether oxygens (including phenoxy) is 2. The number of amides is 2. The molecule has 2 fully saturated rings. The Labute approximate surface area is 152 Å². The highest BCUT2D eigenvalue weighted by atomic mass is 19.4. The monoisotopic (exact) mass is 390 g/mol. The summed E-state index contributed by atoms with van der Waals surface area (Å²) in [5, 5.41) is 2.68. The van der Waals surface area contributed by atoms with Crippen LogP contribution in [0.25, 0.3) is 0 Å². The molecule has 2 aliphatic rings. The largest absolute Gasteiger partial charge is 0.447 e. The van der Waals surface area contributed by atoms with E-state index in [1.54, 1.807) is 0 Å². The number of alkyl halides is 3. The summed E-state index contributed by atoms with van der Waals surface area (Å²) in [5.74, 6) is -1.05. The van der Waals surface area contributed by atoms with E-state index in [1.807, 2.05) is 0 Å². The molecule has 1 aromatic rings. The van der Waals surface area contributed by atoms with Gasteiger partial charge in [0.2, 0.25) is 5.91 Å². The van der Waals surface area contributed by atoms with E-state index in [4.69, 9.17) is 9.47 Å². The molecule has 0 unspecified atom stereocenters. The Balaban J connectivity index is 1.38. The number of hydrogen-bond donors (Lipinski definition) is 1. The third-order valence-electron chi connectivity index (χ3n) is 4.45. The maximum absolute atomic E-state index is 13.7. The van der Waals surface area contributed by atoms with Crippen molar-refractivity contribution in [2.75, 3.05) is 19.7 Å². The average Bonchev–Trinajstić information content (AvgIpc) is 2.97. The molecule has 0 radical (unpaired) electrons. The Morgan fingerprint density at radius 2 is 2.04 bits per heavy atom. The number of carbonyl (C=O) groups excluding carboxylic acids is 2. The van der Waals surface area contributed by atoms with Gasteiger partial charge in [-0.15, -0.1) is 0 Å². The van der Waals surface area contributed by atoms with Gasteiger partial charge in [0.25, 0.3) is 0 Å². The second kappa shape index (κ2) is 7.71. The lowest BCUT2D eigenvalue weighted by atomic mass is 10.1. The number of nitrogens with one attached hydrogen (secondary N) is 1. The van der Waals surface area contributed by atoms with Crippen LogP contribution in [0, 0.1) is 5.82 Å². The number of hydrogen-bond acceptors (Lipinski definition) is 4. The zero-order chi connectivity index (χ0) is 19.6. The first-order chi connectivity index (χ1) is 12.7. The van der Waals surface area contributed by atoms with Crippen molar-refractivity contribution in [1.29, 1.82) is 0 Å². The highest BCUT2D eigenvalue weighted by molar-refractivity contribution is 5.78. The summed E-state index contributed by atoms with van der Waals surface area (Å²) in [4.78, 5) is 24.3. The fraction of sp³-hybridized carbons (Fsp3) is 0.529. The van der Waals surface area contributed by atoms with E-state index >= 15 is 0 Å². The molecule has 3 rings (SSSR count). The van der Waals surface area contributed by atoms with Crippen molar-refractivity contribution in [1.82, 2.24) is 10.2 Å². The molecule has 2 aliphatic heterocycles. The number of likely N-dealkylation sites (tertiary alicyclic amines) is 1. The minimum atomic E-state index is -4.60. The van der Waals surface area contributed by atoms with Crippen molar-refractivity contribution in [3.63, 3.8) is 0 Å². The SMILES string of the molecule is O=C1CC[C@H](COC(=O)N2CC(OCc3ccc(C(F)(F)F)cc3F)C2)N1. The van der Waals surface area contributed by atoms with E-state index in [0.717, 1.165) is 12.1 Å². The zero-order valence-corrected chi connectivity index (χ0v) is 14.2. The molecule has 2 heterocycles. The first-order valence-corrected chi connectivity index (χ1v) is 8.40. The lowest BCUT2D eigenvalue weighted by molar-refractivity contribution is -0.137. The Morgan fingerprint density at radius 3 is 2.63 bits per heavy atom. The van der Waals surface area contributed by atoms with Gasteiger partial charge in [-0.3, -0.25) is 4.79 Å². The van der Waals surface area contributed by atoms with Crippen LogP contribution in [0.3, 0.4) is 0 Å². The summed E-state index contributed by atoms with van der Waals surface area (Å²) in [6.45, 7) is 0.408. The first kappa shape index (κ1) is 19.4. The summed E-state index contributed by atoms with van der Waals surface area (Å²) in [5.41, 5.74) is -1.04. The fourth-order valence-corrected chi connectivity index (χ4v) is 2.81. The van der Waals surface area contributed by atoms with Crippen LogP contribution in [0.15, 0.2) is 18.2 Å². The van der Waals surface area contributed by atoms with Crippen molar-refractivity contribution >= 4 is 12.0 Å². The maximum atomic E-state index is 13.7. The lowest BCUT2D eigenvalue weighted by Crippen LogP contribution is -2.55. The van der Waals surface area contributed by atoms with E-state index in [9.17, 15) is 27.2 Å². The number of carbonyl (C=O) groups is 2. The van der Waals surface area contributed by atoms with Gasteiger partial charge in [0.15, 0.2) is 0 Å². The molecule has 0 saturated carbocycles. The van der Waals surface area contributed by atoms with E-state index in [1.165, 1.54) is 4.90 Å². The number of rotatable bonds is 5. The molecule has 1 N–H and O–H groups in total. The minimum Gasteiger partial charge on any atom is -0.447 e. The third-order valence-corrected chi connectivity index (χ3v) is 4.45. The quantitative estimate of drug-likeness (QED) is 0.785. The van der Waals surface area contributed by atoms with Crippen molar-refractivity contribution in [2.45, 2.75) is 37.8 Å². The zero-order valence-electron chi connectivity index (χ0n) is 14.2. The van der Waals surface area contributed by atoms with Crippen LogP contribution in [0.4, 0.5) is 22.4 Å². The summed E-state index contributed by atoms with van der Waals surface area (Å²) >= 11 is 0. The lowest BCUT2D eigenvalue weighted by Gasteiger charge is -2.38. The van der Waals surface area contributed by atoms with Crippen LogP contribution in [0.1, 0.15) is 24.0 Å². The molecule has 1 aromatic carbocycles. The summed E-state index contributed by atoms with van der Waals surface area (Å²) < 4.78 is 61.8. The number of benzene rings is 1. The average molecular weight is 390 g/mol. The molecule has 27 heavy (non-hydrogen) atoms. The Morgan fingerprint density at radius 1 is 1.30 bits per heavy atom. The van der Waals surface area contributed by atoms with Crippen molar-refractivity contribution in [3.8, 4) is 0 Å². The van der Waals surface area contributed by atoms with Gasteiger partial charge in [0, 0.05) is 12.0 Å². The molecule has 0 bridgehead atoms. The van der Waals surface area contributed by atoms with Crippen LogP contribution < -0.4 is 5.32 Å². The maximum Gasteiger partial charge on any atom is 0.416 e. The smallest absolute Gasteiger partial charge is 0.416 e. The van der Waals surface area contributed by atoms with Crippen LogP contribution in [0.2, 0.25) is 0 Å². The highest BCUT2D eigenvalue weighted by Crippen LogP contribution is 2.30. The van der Waals surface area contributed by atoms with E-state index in [0.29, 0.717) is 18.9 Å². The van der Waals surface area contributed by atoms with E-state index < -0.39 is 23.7 Å². The second-order valence-corrected chi connectivity index (χ2v) is 6.52. The van der Waals surface area contributed by atoms with Gasteiger partial charge in [-0.2, -0.15) is 13.2 Å². The summed E-state index contributed by atoms with van der Waals surface area (Å²) in [7, 11) is 0. The third kappa shape index (κ3) is 4.88. The van der Waals surface area contributed by atoms with Gasteiger partial charge in [-0.1, -0.05) is 6.07 Å². The molecule has 2 saturated heterocycles. The van der Waals surface area contributed by atoms with Gasteiger partial charge < -0.3 is 19.7 Å². The van der Waals surface area contributed by atoms with Gasteiger partial charge >= 0.3 is 12.3 Å². The minimum absolute atomic E-state index is 0.0148. The van der Waals surface area contributed by atoms with Crippen molar-refractivity contribution < 1.29 is 36.6 Å². The first-order valence-electron chi connectivity index (χ1n) is 8.40. The van der Waals surface area contributed by atoms with Crippen LogP contribution in [0.5, 0.6) is 0 Å². The standard InChI is InChI=1S/C17H18F4N2O4/c18-14-5-11(17(19,20)21)2-1-10(14)8-26-13-6-23(7-13)16(25)27-9-12-3-4-15(24)22-12/h1-2,5,12-13H,3-4,6-9H2,(H,22,24)/t12-/m1/s1. The predicted octanol–water partition coefficient (Wildman–Crippen LogP) is 2.46. The van der Waals surface area contributed by atoms with Gasteiger partial charge in [0.1, 0.15) is 12.4 Å². The molecule has 0 aromatic heterocycles. The molecule has 2 amide bonds. The fourth-order valence-electron chi connectivity index (χ4n) is 2.81. The number of halogens is 4. The molecule has 0 spiro atoms. The van der Waals surface area contributed by atoms with Crippen molar-refractivity contribution in [2.24, 2.45) is 0 Å².